The lowest BCUT2D eigenvalue weighted by atomic mass is 9.90. The minimum absolute atomic E-state index is 0.0712. The van der Waals surface area contributed by atoms with Gasteiger partial charge in [-0.3, -0.25) is 0 Å². The molecule has 0 amide bonds. The number of fused-ring (bicyclic) bond motifs is 1. The molecule has 0 spiro atoms. The lowest BCUT2D eigenvalue weighted by molar-refractivity contribution is 0.0600. The van der Waals surface area contributed by atoms with Crippen molar-refractivity contribution in [2.24, 2.45) is 0 Å². The summed E-state index contributed by atoms with van der Waals surface area (Å²) in [7, 11) is 2.99. The summed E-state index contributed by atoms with van der Waals surface area (Å²) in [5.41, 5.74) is 3.82. The van der Waals surface area contributed by atoms with Gasteiger partial charge >= 0.3 is 5.97 Å². The second kappa shape index (κ2) is 11.6. The molecule has 0 bridgehead atoms. The van der Waals surface area contributed by atoms with Gasteiger partial charge in [0.2, 0.25) is 0 Å². The number of esters is 1. The first-order chi connectivity index (χ1) is 17.1. The highest BCUT2D eigenvalue weighted by molar-refractivity contribution is 5.89. The first-order valence-electron chi connectivity index (χ1n) is 11.5. The van der Waals surface area contributed by atoms with Crippen molar-refractivity contribution in [3.8, 4) is 11.5 Å². The molecular weight excluding hydrogens is 444 g/mol. The van der Waals surface area contributed by atoms with Crippen LogP contribution in [0.25, 0.3) is 10.9 Å². The van der Waals surface area contributed by atoms with Gasteiger partial charge in [0.1, 0.15) is 24.2 Å². The second-order valence-electron chi connectivity index (χ2n) is 8.26. The minimum atomic E-state index is -0.726. The van der Waals surface area contributed by atoms with Crippen LogP contribution in [0.3, 0.4) is 0 Å². The molecule has 2 atom stereocenters. The van der Waals surface area contributed by atoms with E-state index in [1.54, 1.807) is 31.4 Å². The molecule has 0 saturated heterocycles. The summed E-state index contributed by atoms with van der Waals surface area (Å²) < 4.78 is 15.7. The number of hydrogen-bond acceptors (Lipinski definition) is 6. The summed E-state index contributed by atoms with van der Waals surface area (Å²) >= 11 is 0. The molecule has 4 aromatic rings. The molecule has 4 rings (SSSR count). The lowest BCUT2D eigenvalue weighted by Crippen LogP contribution is -2.34. The summed E-state index contributed by atoms with van der Waals surface area (Å²) in [6.07, 6.45) is 1.32. The monoisotopic (exact) mass is 474 g/mol. The van der Waals surface area contributed by atoms with Crippen LogP contribution in [-0.2, 0) is 4.74 Å². The number of hydrogen-bond donors (Lipinski definition) is 3. The van der Waals surface area contributed by atoms with Crippen LogP contribution in [-0.4, -0.2) is 56.1 Å². The fourth-order valence-electron chi connectivity index (χ4n) is 4.10. The average molecular weight is 475 g/mol. The van der Waals surface area contributed by atoms with Crippen LogP contribution in [0.5, 0.6) is 11.5 Å². The van der Waals surface area contributed by atoms with E-state index in [0.29, 0.717) is 24.4 Å². The Morgan fingerprint density at radius 3 is 2.54 bits per heavy atom. The number of aliphatic hydroxyl groups excluding tert-OH is 1. The topological polar surface area (TPSA) is 92.8 Å². The van der Waals surface area contributed by atoms with E-state index < -0.39 is 12.1 Å². The molecule has 0 aliphatic heterocycles. The van der Waals surface area contributed by atoms with Crippen LogP contribution in [0.15, 0.2) is 79.0 Å². The largest absolute Gasteiger partial charge is 0.497 e. The number of carbonyl (C=O) groups is 1. The molecule has 3 N–H and O–H groups in total. The molecule has 0 radical (unpaired) electrons. The maximum atomic E-state index is 11.7. The Hall–Kier alpha value is -3.81. The highest BCUT2D eigenvalue weighted by Crippen LogP contribution is 2.31. The predicted octanol–water partition coefficient (Wildman–Crippen LogP) is 4.12. The zero-order valence-electron chi connectivity index (χ0n) is 19.9. The Morgan fingerprint density at radius 2 is 1.77 bits per heavy atom. The average Bonchev–Trinajstić information content (AvgIpc) is 3.33. The standard InChI is InChI=1S/C28H30N2O5/c1-33-22-12-10-19(11-13-22)25(26-17-30-27-9-4-3-8-24(26)27)16-29-15-21(31)18-35-23-7-5-6-20(14-23)28(32)34-2/h3-14,17,21,25,29-31H,15-16,18H2,1-2H3/t21-,25+/m0/s1. The summed E-state index contributed by atoms with van der Waals surface area (Å²) in [4.78, 5) is 15.1. The van der Waals surface area contributed by atoms with E-state index in [2.05, 4.69) is 40.8 Å². The molecule has 0 aliphatic carbocycles. The Bertz CT molecular complexity index is 1250. The molecule has 0 fully saturated rings. The Labute approximate surface area is 204 Å². The number of methoxy groups -OCH3 is 2. The summed E-state index contributed by atoms with van der Waals surface area (Å²) in [6.45, 7) is 1.08. The van der Waals surface area contributed by atoms with E-state index in [1.807, 2.05) is 24.3 Å². The van der Waals surface area contributed by atoms with Gasteiger partial charge in [-0.1, -0.05) is 36.4 Å². The number of carbonyl (C=O) groups excluding carboxylic acids is 1. The normalized spacial score (nSPS) is 12.8. The van der Waals surface area contributed by atoms with Crippen LogP contribution in [0.4, 0.5) is 0 Å². The molecule has 0 saturated carbocycles. The number of aromatic amines is 1. The van der Waals surface area contributed by atoms with Crippen molar-refractivity contribution in [1.29, 1.82) is 0 Å². The Kier molecular flexibility index (Phi) is 8.03. The van der Waals surface area contributed by atoms with Crippen molar-refractivity contribution in [3.05, 3.63) is 95.7 Å². The quantitative estimate of drug-likeness (QED) is 0.283. The first-order valence-corrected chi connectivity index (χ1v) is 11.5. The predicted molar refractivity (Wildman–Crippen MR) is 135 cm³/mol. The number of benzene rings is 3. The van der Waals surface area contributed by atoms with Gasteiger partial charge in [-0.25, -0.2) is 4.79 Å². The highest BCUT2D eigenvalue weighted by atomic mass is 16.5. The molecule has 7 heteroatoms. The third kappa shape index (κ3) is 6.01. The van der Waals surface area contributed by atoms with Crippen molar-refractivity contribution < 1.29 is 24.1 Å². The van der Waals surface area contributed by atoms with Crippen LogP contribution < -0.4 is 14.8 Å². The van der Waals surface area contributed by atoms with E-state index in [-0.39, 0.29) is 12.5 Å². The number of H-pyrrole nitrogens is 1. The maximum absolute atomic E-state index is 11.7. The first kappa shape index (κ1) is 24.3. The van der Waals surface area contributed by atoms with Crippen LogP contribution in [0.2, 0.25) is 0 Å². The zero-order chi connectivity index (χ0) is 24.6. The fraction of sp³-hybridized carbons (Fsp3) is 0.250. The molecule has 1 heterocycles. The third-order valence-electron chi connectivity index (χ3n) is 5.94. The van der Waals surface area contributed by atoms with E-state index in [4.69, 9.17) is 14.2 Å². The van der Waals surface area contributed by atoms with Gasteiger partial charge in [0.15, 0.2) is 0 Å². The number of ether oxygens (including phenoxy) is 3. The van der Waals surface area contributed by atoms with Crippen LogP contribution in [0, 0.1) is 0 Å². The second-order valence-corrected chi connectivity index (χ2v) is 8.26. The Morgan fingerprint density at radius 1 is 0.971 bits per heavy atom. The minimum Gasteiger partial charge on any atom is -0.497 e. The van der Waals surface area contributed by atoms with Crippen molar-refractivity contribution in [2.75, 3.05) is 33.9 Å². The molecule has 7 nitrogen and oxygen atoms in total. The zero-order valence-corrected chi connectivity index (χ0v) is 19.9. The molecule has 1 aromatic heterocycles. The van der Waals surface area contributed by atoms with Gasteiger partial charge in [0, 0.05) is 36.1 Å². The summed E-state index contributed by atoms with van der Waals surface area (Å²) in [5, 5.41) is 15.0. The number of nitrogens with one attached hydrogen (secondary N) is 2. The highest BCUT2D eigenvalue weighted by Gasteiger charge is 2.19. The number of para-hydroxylation sites is 1. The summed E-state index contributed by atoms with van der Waals surface area (Å²) in [6, 6.07) is 23.0. The third-order valence-corrected chi connectivity index (χ3v) is 5.94. The number of aromatic nitrogens is 1. The van der Waals surface area contributed by atoms with Crippen molar-refractivity contribution in [1.82, 2.24) is 10.3 Å². The molecular formula is C28H30N2O5. The van der Waals surface area contributed by atoms with Crippen molar-refractivity contribution in [2.45, 2.75) is 12.0 Å². The van der Waals surface area contributed by atoms with Crippen LogP contribution in [0.1, 0.15) is 27.4 Å². The lowest BCUT2D eigenvalue weighted by Gasteiger charge is -2.20. The smallest absolute Gasteiger partial charge is 0.337 e. The number of aliphatic hydroxyl groups is 1. The Balaban J connectivity index is 1.40. The molecule has 3 aromatic carbocycles. The molecule has 0 unspecified atom stereocenters. The number of rotatable bonds is 11. The van der Waals surface area contributed by atoms with E-state index in [1.165, 1.54) is 18.1 Å². The van der Waals surface area contributed by atoms with Gasteiger partial charge < -0.3 is 29.6 Å². The fourth-order valence-corrected chi connectivity index (χ4v) is 4.10. The van der Waals surface area contributed by atoms with Crippen molar-refractivity contribution >= 4 is 16.9 Å². The van der Waals surface area contributed by atoms with Crippen molar-refractivity contribution in [3.63, 3.8) is 0 Å². The van der Waals surface area contributed by atoms with E-state index in [9.17, 15) is 9.90 Å². The summed E-state index contributed by atoms with van der Waals surface area (Å²) in [5.74, 6) is 0.950. The van der Waals surface area contributed by atoms with Gasteiger partial charge in [0.25, 0.3) is 0 Å². The van der Waals surface area contributed by atoms with Gasteiger partial charge in [-0.15, -0.1) is 0 Å². The van der Waals surface area contributed by atoms with Gasteiger partial charge in [-0.2, -0.15) is 0 Å². The van der Waals surface area contributed by atoms with E-state index in [0.717, 1.165) is 16.8 Å². The maximum Gasteiger partial charge on any atom is 0.337 e. The van der Waals surface area contributed by atoms with E-state index >= 15 is 0 Å². The SMILES string of the molecule is COC(=O)c1cccc(OC[C@@H](O)CNC[C@H](c2ccc(OC)cc2)c2c[nH]c3ccccc23)c1. The molecule has 0 aliphatic rings. The molecule has 182 valence electrons. The van der Waals surface area contributed by atoms with Crippen LogP contribution >= 0.6 is 0 Å². The molecule has 35 heavy (non-hydrogen) atoms. The van der Waals surface area contributed by atoms with Gasteiger partial charge in [-0.05, 0) is 47.5 Å². The van der Waals surface area contributed by atoms with Gasteiger partial charge in [0.05, 0.1) is 19.8 Å².